The number of halogens is 1. The first-order chi connectivity index (χ1) is 18.3. The Bertz CT molecular complexity index is 1290. The average molecular weight is 603 g/mol. The number of amides is 2. The third-order valence-corrected chi connectivity index (χ3v) is 8.48. The number of piperidine rings is 1. The van der Waals surface area contributed by atoms with Crippen LogP contribution in [0.2, 0.25) is 0 Å². The van der Waals surface area contributed by atoms with Gasteiger partial charge in [-0.3, -0.25) is 0 Å². The second-order valence-corrected chi connectivity index (χ2v) is 10.7. The number of benzene rings is 2. The molecule has 0 bridgehead atoms. The number of urea groups is 1. The van der Waals surface area contributed by atoms with Crippen molar-refractivity contribution in [2.75, 3.05) is 31.6 Å². The summed E-state index contributed by atoms with van der Waals surface area (Å²) in [5, 5.41) is 24.9. The van der Waals surface area contributed by atoms with Gasteiger partial charge in [-0.1, -0.05) is 42.5 Å². The first-order valence-electron chi connectivity index (χ1n) is 12.1. The van der Waals surface area contributed by atoms with E-state index in [1.807, 2.05) is 59.5 Å². The van der Waals surface area contributed by atoms with Gasteiger partial charge in [0.2, 0.25) is 0 Å². The molecule has 0 aliphatic carbocycles. The van der Waals surface area contributed by atoms with E-state index in [4.69, 9.17) is 9.84 Å². The van der Waals surface area contributed by atoms with Crippen LogP contribution in [-0.4, -0.2) is 59.3 Å². The van der Waals surface area contributed by atoms with E-state index in [1.54, 1.807) is 0 Å². The Kier molecular flexibility index (Phi) is 9.24. The highest BCUT2D eigenvalue weighted by Crippen LogP contribution is 2.46. The van der Waals surface area contributed by atoms with Gasteiger partial charge in [-0.05, 0) is 57.9 Å². The second-order valence-electron chi connectivity index (χ2n) is 8.93. The number of hydrogen-bond donors (Lipinski definition) is 4. The molecule has 1 aliphatic rings. The van der Waals surface area contributed by atoms with Crippen LogP contribution in [0.1, 0.15) is 28.1 Å². The maximum Gasteiger partial charge on any atom is 0.349 e. The van der Waals surface area contributed by atoms with Gasteiger partial charge in [0.25, 0.3) is 0 Å². The molecule has 4 N–H and O–H groups in total. The molecule has 0 radical (unpaired) electrons. The Labute approximate surface area is 232 Å². The van der Waals surface area contributed by atoms with Gasteiger partial charge in [0.05, 0.1) is 9.35 Å². The predicted octanol–water partition coefficient (Wildman–Crippen LogP) is 5.37. The Morgan fingerprint density at radius 2 is 1.79 bits per heavy atom. The zero-order valence-electron chi connectivity index (χ0n) is 20.5. The van der Waals surface area contributed by atoms with Crippen molar-refractivity contribution in [2.45, 2.75) is 19.4 Å². The first kappa shape index (κ1) is 27.5. The average Bonchev–Trinajstić information content (AvgIpc) is 3.26. The van der Waals surface area contributed by atoms with Crippen LogP contribution in [0, 0.1) is 5.92 Å². The van der Waals surface area contributed by atoms with Crippen LogP contribution in [0.25, 0.3) is 10.4 Å². The molecule has 2 heterocycles. The quantitative estimate of drug-likeness (QED) is 0.246. The molecule has 0 atom stereocenters. The SMILES string of the molecule is O=C(O)COc1c(C(=O)O)sc(-c2cccc(NCC3CCN(C(=O)NCc4ccccc4)CC3)c2)c1Br. The number of anilines is 1. The van der Waals surface area contributed by atoms with Crippen LogP contribution in [0.4, 0.5) is 10.5 Å². The standard InChI is InChI=1S/C27H28BrN3O6S/c28-22-23(37-16-21(32)33)25(26(34)35)38-24(22)19-7-4-8-20(13-19)29-14-18-9-11-31(12-10-18)27(36)30-15-17-5-2-1-3-6-17/h1-8,13,18,29H,9-12,14-16H2,(H,30,36)(H,32,33)(H,34,35). The molecule has 1 aromatic heterocycles. The number of aromatic carboxylic acids is 1. The largest absolute Gasteiger partial charge is 0.479 e. The zero-order chi connectivity index (χ0) is 27.1. The highest BCUT2D eigenvalue weighted by molar-refractivity contribution is 9.10. The minimum absolute atomic E-state index is 0.0119. The van der Waals surface area contributed by atoms with Crippen LogP contribution < -0.4 is 15.4 Å². The molecule has 1 saturated heterocycles. The van der Waals surface area contributed by atoms with Crippen LogP contribution in [-0.2, 0) is 11.3 Å². The highest BCUT2D eigenvalue weighted by Gasteiger charge is 2.25. The third-order valence-electron chi connectivity index (χ3n) is 6.25. The van der Waals surface area contributed by atoms with E-state index in [1.165, 1.54) is 0 Å². The van der Waals surface area contributed by atoms with E-state index in [0.29, 0.717) is 34.9 Å². The fraction of sp³-hybridized carbons (Fsp3) is 0.296. The molecule has 1 aliphatic heterocycles. The topological polar surface area (TPSA) is 128 Å². The van der Waals surface area contributed by atoms with Gasteiger partial charge in [-0.25, -0.2) is 14.4 Å². The lowest BCUT2D eigenvalue weighted by atomic mass is 9.97. The van der Waals surface area contributed by atoms with Gasteiger partial charge >= 0.3 is 18.0 Å². The molecule has 1 fully saturated rings. The molecule has 0 unspecified atom stereocenters. The molecule has 0 saturated carbocycles. The lowest BCUT2D eigenvalue weighted by Gasteiger charge is -2.32. The lowest BCUT2D eigenvalue weighted by Crippen LogP contribution is -2.45. The summed E-state index contributed by atoms with van der Waals surface area (Å²) >= 11 is 4.42. The number of nitrogens with zero attached hydrogens (tertiary/aromatic N) is 1. The number of rotatable bonds is 10. The minimum atomic E-state index is -1.19. The van der Waals surface area contributed by atoms with E-state index in [9.17, 15) is 19.5 Å². The molecule has 3 aromatic rings. The normalized spacial score (nSPS) is 13.7. The monoisotopic (exact) mass is 601 g/mol. The van der Waals surface area contributed by atoms with Crippen molar-refractivity contribution in [3.8, 4) is 16.2 Å². The van der Waals surface area contributed by atoms with Crippen LogP contribution in [0.3, 0.4) is 0 Å². The first-order valence-corrected chi connectivity index (χ1v) is 13.7. The Hall–Kier alpha value is -3.57. The van der Waals surface area contributed by atoms with Crippen molar-refractivity contribution in [2.24, 2.45) is 5.92 Å². The van der Waals surface area contributed by atoms with Crippen molar-refractivity contribution in [3.63, 3.8) is 0 Å². The van der Waals surface area contributed by atoms with Crippen molar-refractivity contribution in [3.05, 3.63) is 69.5 Å². The summed E-state index contributed by atoms with van der Waals surface area (Å²) in [5.74, 6) is -1.94. The summed E-state index contributed by atoms with van der Waals surface area (Å²) in [6, 6.07) is 17.4. The summed E-state index contributed by atoms with van der Waals surface area (Å²) < 4.78 is 5.66. The summed E-state index contributed by atoms with van der Waals surface area (Å²) in [6.07, 6.45) is 1.79. The Morgan fingerprint density at radius 3 is 2.47 bits per heavy atom. The number of nitrogens with one attached hydrogen (secondary N) is 2. The predicted molar refractivity (Wildman–Crippen MR) is 149 cm³/mol. The molecule has 2 amide bonds. The second kappa shape index (κ2) is 12.8. The van der Waals surface area contributed by atoms with E-state index in [-0.39, 0.29) is 16.7 Å². The van der Waals surface area contributed by atoms with Crippen molar-refractivity contribution in [1.29, 1.82) is 0 Å². The van der Waals surface area contributed by atoms with Crippen LogP contribution in [0.5, 0.6) is 5.75 Å². The molecular weight excluding hydrogens is 574 g/mol. The van der Waals surface area contributed by atoms with E-state index in [0.717, 1.165) is 47.5 Å². The van der Waals surface area contributed by atoms with Crippen molar-refractivity contribution < 1.29 is 29.3 Å². The van der Waals surface area contributed by atoms with Crippen LogP contribution in [0.15, 0.2) is 59.1 Å². The molecule has 9 nitrogen and oxygen atoms in total. The number of thiophene rings is 1. The van der Waals surface area contributed by atoms with Gasteiger partial charge in [-0.2, -0.15) is 0 Å². The highest BCUT2D eigenvalue weighted by atomic mass is 79.9. The maximum absolute atomic E-state index is 12.5. The van der Waals surface area contributed by atoms with E-state index >= 15 is 0 Å². The Morgan fingerprint density at radius 1 is 1.05 bits per heavy atom. The number of hydrogen-bond acceptors (Lipinski definition) is 6. The molecular formula is C27H28BrN3O6S. The number of carbonyl (C=O) groups excluding carboxylic acids is 1. The number of carboxylic acids is 2. The summed E-state index contributed by atoms with van der Waals surface area (Å²) in [4.78, 5) is 37.6. The molecule has 38 heavy (non-hydrogen) atoms. The molecule has 2 aromatic carbocycles. The van der Waals surface area contributed by atoms with E-state index in [2.05, 4.69) is 26.6 Å². The molecule has 11 heteroatoms. The van der Waals surface area contributed by atoms with Gasteiger partial charge < -0.3 is 30.5 Å². The number of carboxylic acid groups (broad SMARTS) is 2. The van der Waals surface area contributed by atoms with E-state index < -0.39 is 18.5 Å². The number of carbonyl (C=O) groups is 3. The maximum atomic E-state index is 12.5. The third kappa shape index (κ3) is 7.05. The summed E-state index contributed by atoms with van der Waals surface area (Å²) in [6.45, 7) is 2.03. The van der Waals surface area contributed by atoms with Gasteiger partial charge in [-0.15, -0.1) is 11.3 Å². The fourth-order valence-electron chi connectivity index (χ4n) is 4.24. The number of aliphatic carboxylic acids is 1. The van der Waals surface area contributed by atoms with Gasteiger partial charge in [0.1, 0.15) is 0 Å². The lowest BCUT2D eigenvalue weighted by molar-refractivity contribution is -0.139. The van der Waals surface area contributed by atoms with Crippen molar-refractivity contribution in [1.82, 2.24) is 10.2 Å². The minimum Gasteiger partial charge on any atom is -0.479 e. The van der Waals surface area contributed by atoms with Gasteiger partial charge in [0, 0.05) is 31.9 Å². The zero-order valence-corrected chi connectivity index (χ0v) is 22.9. The number of ether oxygens (including phenoxy) is 1. The smallest absolute Gasteiger partial charge is 0.349 e. The fourth-order valence-corrected chi connectivity index (χ4v) is 6.13. The molecule has 4 rings (SSSR count). The summed E-state index contributed by atoms with van der Waals surface area (Å²) in [5.41, 5.74) is 2.74. The van der Waals surface area contributed by atoms with Gasteiger partial charge in [0.15, 0.2) is 17.2 Å². The van der Waals surface area contributed by atoms with Crippen molar-refractivity contribution >= 4 is 50.9 Å². The number of likely N-dealkylation sites (tertiary alicyclic amines) is 1. The molecule has 0 spiro atoms. The summed E-state index contributed by atoms with van der Waals surface area (Å²) in [7, 11) is 0. The molecule has 200 valence electrons. The Balaban J connectivity index is 1.32. The van der Waals surface area contributed by atoms with Crippen LogP contribution >= 0.6 is 27.3 Å².